The molecular weight excluding hydrogens is 259 g/mol. The Hall–Kier alpha value is -1.91. The number of carbonyl (C=O) groups excluding carboxylic acids is 2. The first-order chi connectivity index (χ1) is 9.21. The van der Waals surface area contributed by atoms with Gasteiger partial charge in [-0.1, -0.05) is 39.0 Å². The predicted octanol–water partition coefficient (Wildman–Crippen LogP) is 1.99. The Kier molecular flexibility index (Phi) is 5.25. The van der Waals surface area contributed by atoms with Crippen LogP contribution in [0.15, 0.2) is 24.3 Å². The predicted molar refractivity (Wildman–Crippen MR) is 75.3 cm³/mol. The molecule has 110 valence electrons. The average Bonchev–Trinajstić information content (AvgIpc) is 2.36. The highest BCUT2D eigenvalue weighted by atomic mass is 19.1. The molecule has 2 amide bonds. The van der Waals surface area contributed by atoms with Crippen LogP contribution < -0.4 is 10.6 Å². The van der Waals surface area contributed by atoms with Crippen molar-refractivity contribution in [3.05, 3.63) is 35.6 Å². The third-order valence-electron chi connectivity index (χ3n) is 2.83. The molecule has 0 saturated heterocycles. The molecule has 1 rings (SSSR count). The van der Waals surface area contributed by atoms with Crippen molar-refractivity contribution in [2.45, 2.75) is 40.3 Å². The summed E-state index contributed by atoms with van der Waals surface area (Å²) in [4.78, 5) is 23.6. The zero-order chi connectivity index (χ0) is 15.3. The highest BCUT2D eigenvalue weighted by Gasteiger charge is 2.24. The highest BCUT2D eigenvalue weighted by Crippen LogP contribution is 2.12. The molecule has 0 aliphatic carbocycles. The lowest BCUT2D eigenvalue weighted by atomic mass is 9.95. The normalized spacial score (nSPS) is 12.7. The van der Waals surface area contributed by atoms with Crippen LogP contribution in [0.5, 0.6) is 0 Å². The lowest BCUT2D eigenvalue weighted by Crippen LogP contribution is -2.48. The Morgan fingerprint density at radius 1 is 1.25 bits per heavy atom. The fraction of sp³-hybridized carbons (Fsp3) is 0.467. The molecule has 0 bridgehead atoms. The molecule has 0 radical (unpaired) electrons. The van der Waals surface area contributed by atoms with Crippen LogP contribution in [0.4, 0.5) is 4.39 Å². The number of hydrogen-bond donors (Lipinski definition) is 2. The van der Waals surface area contributed by atoms with Crippen LogP contribution in [-0.4, -0.2) is 17.9 Å². The van der Waals surface area contributed by atoms with Crippen molar-refractivity contribution in [2.75, 3.05) is 0 Å². The van der Waals surface area contributed by atoms with E-state index in [9.17, 15) is 14.0 Å². The van der Waals surface area contributed by atoms with Gasteiger partial charge in [0.2, 0.25) is 11.8 Å². The number of benzene rings is 1. The van der Waals surface area contributed by atoms with Gasteiger partial charge < -0.3 is 10.6 Å². The summed E-state index contributed by atoms with van der Waals surface area (Å²) in [6, 6.07) is 5.58. The lowest BCUT2D eigenvalue weighted by Gasteiger charge is -2.21. The molecule has 0 saturated carbocycles. The van der Waals surface area contributed by atoms with E-state index >= 15 is 0 Å². The number of nitrogens with one attached hydrogen (secondary N) is 2. The van der Waals surface area contributed by atoms with Crippen LogP contribution in [0, 0.1) is 11.2 Å². The first kappa shape index (κ1) is 16.1. The summed E-state index contributed by atoms with van der Waals surface area (Å²) in [5.41, 5.74) is -0.143. The van der Waals surface area contributed by atoms with Crippen LogP contribution in [-0.2, 0) is 16.1 Å². The van der Waals surface area contributed by atoms with E-state index in [1.165, 1.54) is 6.07 Å². The third kappa shape index (κ3) is 4.64. The minimum atomic E-state index is -0.659. The van der Waals surface area contributed by atoms with Gasteiger partial charge in [-0.3, -0.25) is 9.59 Å². The molecule has 0 spiro atoms. The Labute approximate surface area is 118 Å². The molecule has 5 heteroatoms. The fourth-order valence-electron chi connectivity index (χ4n) is 1.46. The van der Waals surface area contributed by atoms with Crippen molar-refractivity contribution in [1.29, 1.82) is 0 Å². The summed E-state index contributed by atoms with van der Waals surface area (Å²) in [5, 5.41) is 5.23. The van der Waals surface area contributed by atoms with E-state index in [4.69, 9.17) is 0 Å². The minimum absolute atomic E-state index is 0.0984. The molecule has 0 aromatic heterocycles. The topological polar surface area (TPSA) is 58.2 Å². The largest absolute Gasteiger partial charge is 0.350 e. The van der Waals surface area contributed by atoms with E-state index in [-0.39, 0.29) is 24.2 Å². The van der Waals surface area contributed by atoms with Gasteiger partial charge in [0.25, 0.3) is 0 Å². The summed E-state index contributed by atoms with van der Waals surface area (Å²) in [6.07, 6.45) is 0. The zero-order valence-corrected chi connectivity index (χ0v) is 12.3. The van der Waals surface area contributed by atoms with Gasteiger partial charge in [-0.05, 0) is 13.0 Å². The van der Waals surface area contributed by atoms with Gasteiger partial charge >= 0.3 is 0 Å². The Bertz CT molecular complexity index is 495. The SMILES string of the molecule is CC(NC(=O)C(C)(C)C)C(=O)NCc1ccccc1F. The standard InChI is InChI=1S/C15H21FN2O2/c1-10(18-14(20)15(2,3)4)13(19)17-9-11-7-5-6-8-12(11)16/h5-8,10H,9H2,1-4H3,(H,17,19)(H,18,20). The maximum absolute atomic E-state index is 13.4. The van der Waals surface area contributed by atoms with E-state index < -0.39 is 11.5 Å². The molecule has 2 N–H and O–H groups in total. The van der Waals surface area contributed by atoms with Crippen molar-refractivity contribution in [2.24, 2.45) is 5.41 Å². The molecule has 4 nitrogen and oxygen atoms in total. The molecule has 1 unspecified atom stereocenters. The van der Waals surface area contributed by atoms with Gasteiger partial charge in [-0.2, -0.15) is 0 Å². The highest BCUT2D eigenvalue weighted by molar-refractivity contribution is 5.89. The monoisotopic (exact) mass is 280 g/mol. The first-order valence-corrected chi connectivity index (χ1v) is 6.54. The molecule has 1 atom stereocenters. The zero-order valence-electron chi connectivity index (χ0n) is 12.3. The number of carbonyl (C=O) groups is 2. The van der Waals surface area contributed by atoms with E-state index in [1.54, 1.807) is 45.9 Å². The molecule has 0 heterocycles. The van der Waals surface area contributed by atoms with Crippen molar-refractivity contribution in [1.82, 2.24) is 10.6 Å². The van der Waals surface area contributed by atoms with Gasteiger partial charge in [-0.25, -0.2) is 4.39 Å². The second kappa shape index (κ2) is 6.50. The van der Waals surface area contributed by atoms with Crippen LogP contribution in [0.2, 0.25) is 0 Å². The molecule has 20 heavy (non-hydrogen) atoms. The number of halogens is 1. The lowest BCUT2D eigenvalue weighted by molar-refractivity contribution is -0.133. The van der Waals surface area contributed by atoms with Crippen LogP contribution in [0.3, 0.4) is 0 Å². The molecule has 1 aromatic rings. The van der Waals surface area contributed by atoms with E-state index in [0.717, 1.165) is 0 Å². The fourth-order valence-corrected chi connectivity index (χ4v) is 1.46. The van der Waals surface area contributed by atoms with Crippen LogP contribution >= 0.6 is 0 Å². The second-order valence-corrected chi connectivity index (χ2v) is 5.75. The summed E-state index contributed by atoms with van der Waals surface area (Å²) in [5.74, 6) is -0.906. The summed E-state index contributed by atoms with van der Waals surface area (Å²) >= 11 is 0. The maximum atomic E-state index is 13.4. The van der Waals surface area contributed by atoms with Gasteiger partial charge in [0.05, 0.1) is 0 Å². The van der Waals surface area contributed by atoms with Crippen molar-refractivity contribution >= 4 is 11.8 Å². The van der Waals surface area contributed by atoms with Gasteiger partial charge in [0, 0.05) is 17.5 Å². The Balaban J connectivity index is 2.51. The molecule has 0 fully saturated rings. The molecular formula is C15H21FN2O2. The number of hydrogen-bond acceptors (Lipinski definition) is 2. The third-order valence-corrected chi connectivity index (χ3v) is 2.83. The second-order valence-electron chi connectivity index (χ2n) is 5.75. The molecule has 1 aromatic carbocycles. The van der Waals surface area contributed by atoms with E-state index in [0.29, 0.717) is 5.56 Å². The molecule has 0 aliphatic heterocycles. The van der Waals surface area contributed by atoms with Crippen molar-refractivity contribution < 1.29 is 14.0 Å². The van der Waals surface area contributed by atoms with Gasteiger partial charge in [0.15, 0.2) is 0 Å². The maximum Gasteiger partial charge on any atom is 0.242 e. The van der Waals surface area contributed by atoms with Crippen molar-refractivity contribution in [3.63, 3.8) is 0 Å². The van der Waals surface area contributed by atoms with E-state index in [2.05, 4.69) is 10.6 Å². The van der Waals surface area contributed by atoms with E-state index in [1.807, 2.05) is 0 Å². The smallest absolute Gasteiger partial charge is 0.242 e. The number of rotatable bonds is 4. The summed E-state index contributed by atoms with van der Waals surface area (Å²) in [6.45, 7) is 7.01. The average molecular weight is 280 g/mol. The number of amides is 2. The van der Waals surface area contributed by atoms with Gasteiger partial charge in [0.1, 0.15) is 11.9 Å². The summed E-state index contributed by atoms with van der Waals surface area (Å²) in [7, 11) is 0. The van der Waals surface area contributed by atoms with Crippen LogP contribution in [0.1, 0.15) is 33.3 Å². The van der Waals surface area contributed by atoms with Crippen molar-refractivity contribution in [3.8, 4) is 0 Å². The Morgan fingerprint density at radius 3 is 2.40 bits per heavy atom. The first-order valence-electron chi connectivity index (χ1n) is 6.54. The summed E-state index contributed by atoms with van der Waals surface area (Å²) < 4.78 is 13.4. The van der Waals surface area contributed by atoms with Crippen LogP contribution in [0.25, 0.3) is 0 Å². The van der Waals surface area contributed by atoms with Gasteiger partial charge in [-0.15, -0.1) is 0 Å². The molecule has 0 aliphatic rings. The minimum Gasteiger partial charge on any atom is -0.350 e. The Morgan fingerprint density at radius 2 is 1.85 bits per heavy atom. The quantitative estimate of drug-likeness (QED) is 0.886.